The summed E-state index contributed by atoms with van der Waals surface area (Å²) in [5, 5.41) is 20.6. The zero-order chi connectivity index (χ0) is 12.8. The average molecular weight is 245 g/mol. The van der Waals surface area contributed by atoms with Crippen LogP contribution in [0.25, 0.3) is 0 Å². The number of carbonyl (C=O) groups is 2. The summed E-state index contributed by atoms with van der Waals surface area (Å²) in [7, 11) is 0. The van der Waals surface area contributed by atoms with E-state index < -0.39 is 24.3 Å². The first-order valence-corrected chi connectivity index (χ1v) is 5.88. The summed E-state index contributed by atoms with van der Waals surface area (Å²) in [6.07, 6.45) is -0.00774. The van der Waals surface area contributed by atoms with Crippen molar-refractivity contribution in [1.29, 1.82) is 0 Å². The molecule has 1 unspecified atom stereocenters. The summed E-state index contributed by atoms with van der Waals surface area (Å²) in [6.45, 7) is 2.25. The number of hydrogen-bond acceptors (Lipinski definition) is 4. The molecule has 0 saturated carbocycles. The molecule has 0 bridgehead atoms. The highest BCUT2D eigenvalue weighted by atomic mass is 16.5. The van der Waals surface area contributed by atoms with Crippen LogP contribution in [0.3, 0.4) is 0 Å². The summed E-state index contributed by atoms with van der Waals surface area (Å²) in [6, 6.07) is 0. The molecule has 1 heterocycles. The monoisotopic (exact) mass is 245 g/mol. The lowest BCUT2D eigenvalue weighted by molar-refractivity contribution is -0.151. The SMILES string of the molecule is CCC(O)CCNC(=O)[C@@H]1CC[C@H](C(=O)O)O1. The van der Waals surface area contributed by atoms with Crippen LogP contribution in [0.1, 0.15) is 32.6 Å². The Hall–Kier alpha value is -1.14. The van der Waals surface area contributed by atoms with Gasteiger partial charge in [0.1, 0.15) is 6.10 Å². The molecule has 1 aliphatic rings. The number of aliphatic carboxylic acids is 1. The number of aliphatic hydroxyl groups is 1. The van der Waals surface area contributed by atoms with Crippen molar-refractivity contribution >= 4 is 11.9 Å². The van der Waals surface area contributed by atoms with Gasteiger partial charge in [0.2, 0.25) is 5.91 Å². The molecule has 3 N–H and O–H groups in total. The summed E-state index contributed by atoms with van der Waals surface area (Å²) < 4.78 is 5.09. The van der Waals surface area contributed by atoms with Gasteiger partial charge in [-0.05, 0) is 25.7 Å². The van der Waals surface area contributed by atoms with Crippen LogP contribution in [0.5, 0.6) is 0 Å². The van der Waals surface area contributed by atoms with E-state index in [-0.39, 0.29) is 5.91 Å². The van der Waals surface area contributed by atoms with E-state index in [9.17, 15) is 14.7 Å². The quantitative estimate of drug-likeness (QED) is 0.607. The molecule has 1 rings (SSSR count). The van der Waals surface area contributed by atoms with Crippen molar-refractivity contribution < 1.29 is 24.5 Å². The summed E-state index contributed by atoms with van der Waals surface area (Å²) in [5.41, 5.74) is 0. The molecular formula is C11H19NO5. The molecule has 0 aromatic carbocycles. The van der Waals surface area contributed by atoms with E-state index in [1.165, 1.54) is 0 Å². The van der Waals surface area contributed by atoms with Gasteiger partial charge in [-0.3, -0.25) is 4.79 Å². The minimum Gasteiger partial charge on any atom is -0.479 e. The van der Waals surface area contributed by atoms with Gasteiger partial charge in [0.25, 0.3) is 0 Å². The first kappa shape index (κ1) is 13.9. The van der Waals surface area contributed by atoms with Crippen LogP contribution in [0.2, 0.25) is 0 Å². The molecule has 6 nitrogen and oxygen atoms in total. The number of carbonyl (C=O) groups excluding carboxylic acids is 1. The molecule has 98 valence electrons. The maximum Gasteiger partial charge on any atom is 0.332 e. The third-order valence-corrected chi connectivity index (χ3v) is 2.84. The van der Waals surface area contributed by atoms with Gasteiger partial charge in [-0.25, -0.2) is 4.79 Å². The van der Waals surface area contributed by atoms with Crippen molar-refractivity contribution in [2.75, 3.05) is 6.54 Å². The number of hydrogen-bond donors (Lipinski definition) is 3. The van der Waals surface area contributed by atoms with Gasteiger partial charge in [0.15, 0.2) is 6.10 Å². The van der Waals surface area contributed by atoms with E-state index in [1.54, 1.807) is 0 Å². The molecule has 1 saturated heterocycles. The maximum atomic E-state index is 11.6. The number of carboxylic acid groups (broad SMARTS) is 1. The number of amides is 1. The molecular weight excluding hydrogens is 226 g/mol. The highest BCUT2D eigenvalue weighted by molar-refractivity contribution is 5.82. The van der Waals surface area contributed by atoms with Crippen LogP contribution in [-0.2, 0) is 14.3 Å². The minimum atomic E-state index is -1.03. The number of rotatable bonds is 6. The third kappa shape index (κ3) is 4.32. The number of carboxylic acids is 1. The molecule has 0 aliphatic carbocycles. The summed E-state index contributed by atoms with van der Waals surface area (Å²) in [4.78, 5) is 22.2. The van der Waals surface area contributed by atoms with Gasteiger partial charge in [0, 0.05) is 6.54 Å². The first-order valence-electron chi connectivity index (χ1n) is 5.88. The van der Waals surface area contributed by atoms with Gasteiger partial charge in [0.05, 0.1) is 6.10 Å². The summed E-state index contributed by atoms with van der Waals surface area (Å²) in [5.74, 6) is -1.32. The highest BCUT2D eigenvalue weighted by Crippen LogP contribution is 2.19. The Labute approximate surface area is 100.0 Å². The largest absolute Gasteiger partial charge is 0.479 e. The molecule has 17 heavy (non-hydrogen) atoms. The van der Waals surface area contributed by atoms with E-state index in [0.717, 1.165) is 0 Å². The number of ether oxygens (including phenoxy) is 1. The van der Waals surface area contributed by atoms with Crippen LogP contribution in [-0.4, -0.2) is 46.9 Å². The molecule has 3 atom stereocenters. The second-order valence-corrected chi connectivity index (χ2v) is 4.17. The predicted octanol–water partition coefficient (Wildman–Crippen LogP) is -0.104. The topological polar surface area (TPSA) is 95.9 Å². The standard InChI is InChI=1S/C11H19NO5/c1-2-7(13)5-6-12-10(14)8-3-4-9(17-8)11(15)16/h7-9,13H,2-6H2,1H3,(H,12,14)(H,15,16)/t7?,8-,9+/m0/s1. The Bertz CT molecular complexity index is 281. The predicted molar refractivity (Wildman–Crippen MR) is 59.5 cm³/mol. The molecule has 6 heteroatoms. The van der Waals surface area contributed by atoms with Crippen LogP contribution in [0.4, 0.5) is 0 Å². The lowest BCUT2D eigenvalue weighted by Gasteiger charge is -2.13. The van der Waals surface area contributed by atoms with Crippen molar-refractivity contribution in [2.45, 2.75) is 50.9 Å². The van der Waals surface area contributed by atoms with E-state index in [1.807, 2.05) is 6.92 Å². The third-order valence-electron chi connectivity index (χ3n) is 2.84. The maximum absolute atomic E-state index is 11.6. The van der Waals surface area contributed by atoms with Gasteiger partial charge in [-0.15, -0.1) is 0 Å². The number of nitrogens with one attached hydrogen (secondary N) is 1. The highest BCUT2D eigenvalue weighted by Gasteiger charge is 2.34. The van der Waals surface area contributed by atoms with Crippen molar-refractivity contribution in [3.63, 3.8) is 0 Å². The van der Waals surface area contributed by atoms with Gasteiger partial charge in [-0.2, -0.15) is 0 Å². The lowest BCUT2D eigenvalue weighted by atomic mass is 10.2. The fraction of sp³-hybridized carbons (Fsp3) is 0.818. The van der Waals surface area contributed by atoms with Crippen molar-refractivity contribution in [3.8, 4) is 0 Å². The molecule has 0 aromatic rings. The van der Waals surface area contributed by atoms with Crippen LogP contribution in [0, 0.1) is 0 Å². The Morgan fingerprint density at radius 2 is 2.06 bits per heavy atom. The molecule has 0 spiro atoms. The fourth-order valence-corrected chi connectivity index (χ4v) is 1.69. The van der Waals surface area contributed by atoms with Gasteiger partial charge < -0.3 is 20.3 Å². The van der Waals surface area contributed by atoms with Crippen molar-refractivity contribution in [1.82, 2.24) is 5.32 Å². The zero-order valence-corrected chi connectivity index (χ0v) is 9.89. The van der Waals surface area contributed by atoms with Crippen LogP contribution in [0.15, 0.2) is 0 Å². The number of aliphatic hydroxyl groups excluding tert-OH is 1. The second-order valence-electron chi connectivity index (χ2n) is 4.17. The van der Waals surface area contributed by atoms with E-state index >= 15 is 0 Å². The van der Waals surface area contributed by atoms with E-state index in [0.29, 0.717) is 32.2 Å². The minimum absolute atomic E-state index is 0.294. The Balaban J connectivity index is 2.23. The lowest BCUT2D eigenvalue weighted by Crippen LogP contribution is -2.36. The second kappa shape index (κ2) is 6.56. The van der Waals surface area contributed by atoms with Crippen molar-refractivity contribution in [3.05, 3.63) is 0 Å². The summed E-state index contributed by atoms with van der Waals surface area (Å²) >= 11 is 0. The van der Waals surface area contributed by atoms with Crippen molar-refractivity contribution in [2.24, 2.45) is 0 Å². The van der Waals surface area contributed by atoms with E-state index in [2.05, 4.69) is 5.32 Å². The van der Waals surface area contributed by atoms with Gasteiger partial charge >= 0.3 is 5.97 Å². The average Bonchev–Trinajstić information content (AvgIpc) is 2.78. The molecule has 0 radical (unpaired) electrons. The fourth-order valence-electron chi connectivity index (χ4n) is 1.69. The van der Waals surface area contributed by atoms with Gasteiger partial charge in [-0.1, -0.05) is 6.92 Å². The van der Waals surface area contributed by atoms with E-state index in [4.69, 9.17) is 9.84 Å². The zero-order valence-electron chi connectivity index (χ0n) is 9.89. The smallest absolute Gasteiger partial charge is 0.332 e. The Kier molecular flexibility index (Phi) is 5.37. The molecule has 1 amide bonds. The molecule has 0 aromatic heterocycles. The Morgan fingerprint density at radius 1 is 1.41 bits per heavy atom. The Morgan fingerprint density at radius 3 is 2.59 bits per heavy atom. The first-order chi connectivity index (χ1) is 8.04. The normalized spacial score (nSPS) is 25.5. The van der Waals surface area contributed by atoms with Crippen LogP contribution >= 0.6 is 0 Å². The van der Waals surface area contributed by atoms with Crippen LogP contribution < -0.4 is 5.32 Å². The molecule has 1 aliphatic heterocycles. The molecule has 1 fully saturated rings.